The van der Waals surface area contributed by atoms with Crippen LogP contribution in [0.4, 0.5) is 0 Å². The van der Waals surface area contributed by atoms with Crippen molar-refractivity contribution in [1.82, 2.24) is 9.80 Å². The molecule has 5 heteroatoms. The van der Waals surface area contributed by atoms with Crippen molar-refractivity contribution >= 4 is 5.91 Å². The number of nitrogens with zero attached hydrogens (tertiary/aromatic N) is 3. The quantitative estimate of drug-likeness (QED) is 0.836. The van der Waals surface area contributed by atoms with E-state index in [0.29, 0.717) is 17.2 Å². The number of likely N-dealkylation sites (tertiary alicyclic amines) is 1. The van der Waals surface area contributed by atoms with Gasteiger partial charge < -0.3 is 14.5 Å². The van der Waals surface area contributed by atoms with Crippen LogP contribution in [-0.4, -0.2) is 61.1 Å². The Hall–Kier alpha value is -1.90. The molecular formula is C19H25N3O2. The van der Waals surface area contributed by atoms with Gasteiger partial charge in [-0.3, -0.25) is 4.79 Å². The van der Waals surface area contributed by atoms with E-state index in [2.05, 4.69) is 25.1 Å². The minimum atomic E-state index is -0.0609. The number of hydrogen-bond donors (Lipinski definition) is 0. The lowest BCUT2D eigenvalue weighted by atomic mass is 9.82. The minimum absolute atomic E-state index is 0.0503. The number of carbonyl (C=O) groups excluding carboxylic acids is 1. The first-order chi connectivity index (χ1) is 11.5. The molecule has 0 N–H and O–H groups in total. The molecule has 2 aliphatic heterocycles. The number of ether oxygens (including phenoxy) is 1. The molecule has 0 saturated carbocycles. The van der Waals surface area contributed by atoms with Crippen molar-refractivity contribution in [2.75, 3.05) is 33.8 Å². The normalized spacial score (nSPS) is 23.2. The van der Waals surface area contributed by atoms with Gasteiger partial charge in [-0.05, 0) is 64.0 Å². The summed E-state index contributed by atoms with van der Waals surface area (Å²) in [5.41, 5.74) is 1.17. The smallest absolute Gasteiger partial charge is 0.253 e. The van der Waals surface area contributed by atoms with Gasteiger partial charge in [-0.25, -0.2) is 0 Å². The standard InChI is InChI=1S/C19H25N3O2/c1-21(2)17-7-12-24-19(13-17)8-10-22(11-9-19)18(23)16-5-3-15(14-20)4-6-16/h3-6,17H,7-13H2,1-2H3/t17-/m0/s1. The predicted octanol–water partition coefficient (Wildman–Crippen LogP) is 2.27. The maximum absolute atomic E-state index is 12.6. The van der Waals surface area contributed by atoms with Gasteiger partial charge in [-0.2, -0.15) is 5.26 Å². The van der Waals surface area contributed by atoms with Gasteiger partial charge in [0.15, 0.2) is 0 Å². The third kappa shape index (κ3) is 3.45. The van der Waals surface area contributed by atoms with Crippen molar-refractivity contribution < 1.29 is 9.53 Å². The minimum Gasteiger partial charge on any atom is -0.375 e. The van der Waals surface area contributed by atoms with Crippen LogP contribution < -0.4 is 0 Å². The fourth-order valence-electron chi connectivity index (χ4n) is 3.78. The highest BCUT2D eigenvalue weighted by molar-refractivity contribution is 5.94. The molecule has 128 valence electrons. The molecule has 0 aliphatic carbocycles. The zero-order chi connectivity index (χ0) is 17.2. The number of hydrogen-bond acceptors (Lipinski definition) is 4. The summed E-state index contributed by atoms with van der Waals surface area (Å²) < 4.78 is 6.15. The summed E-state index contributed by atoms with van der Waals surface area (Å²) in [6.45, 7) is 2.28. The van der Waals surface area contributed by atoms with E-state index in [9.17, 15) is 4.79 Å². The lowest BCUT2D eigenvalue weighted by Gasteiger charge is -2.47. The molecule has 1 spiro atoms. The van der Waals surface area contributed by atoms with Gasteiger partial charge in [0.25, 0.3) is 5.91 Å². The van der Waals surface area contributed by atoms with Crippen LogP contribution in [0.1, 0.15) is 41.6 Å². The maximum atomic E-state index is 12.6. The lowest BCUT2D eigenvalue weighted by Crippen LogP contribution is -2.53. The van der Waals surface area contributed by atoms with Gasteiger partial charge in [-0.15, -0.1) is 0 Å². The number of benzene rings is 1. The molecule has 0 unspecified atom stereocenters. The van der Waals surface area contributed by atoms with Crippen LogP contribution in [0.15, 0.2) is 24.3 Å². The average Bonchev–Trinajstić information content (AvgIpc) is 2.62. The molecule has 0 aromatic heterocycles. The van der Waals surface area contributed by atoms with Crippen molar-refractivity contribution in [2.24, 2.45) is 0 Å². The van der Waals surface area contributed by atoms with Crippen LogP contribution in [0.3, 0.4) is 0 Å². The Kier molecular flexibility index (Phi) is 4.88. The molecule has 0 radical (unpaired) electrons. The van der Waals surface area contributed by atoms with Gasteiger partial charge in [0.2, 0.25) is 0 Å². The summed E-state index contributed by atoms with van der Waals surface area (Å²) in [7, 11) is 4.26. The van der Waals surface area contributed by atoms with Crippen LogP contribution in [0, 0.1) is 11.3 Å². The summed E-state index contributed by atoms with van der Waals surface area (Å²) in [5, 5.41) is 8.85. The first-order valence-electron chi connectivity index (χ1n) is 8.63. The highest BCUT2D eigenvalue weighted by Gasteiger charge is 2.41. The van der Waals surface area contributed by atoms with E-state index in [1.807, 2.05) is 4.90 Å². The summed E-state index contributed by atoms with van der Waals surface area (Å²) in [6.07, 6.45) is 3.94. The van der Waals surface area contributed by atoms with Gasteiger partial charge in [0.1, 0.15) is 0 Å². The Morgan fingerprint density at radius 2 is 1.96 bits per heavy atom. The highest BCUT2D eigenvalue weighted by atomic mass is 16.5. The maximum Gasteiger partial charge on any atom is 0.253 e. The molecule has 2 fully saturated rings. The number of piperidine rings is 1. The Morgan fingerprint density at radius 1 is 1.29 bits per heavy atom. The fraction of sp³-hybridized carbons (Fsp3) is 0.579. The first-order valence-corrected chi connectivity index (χ1v) is 8.63. The summed E-state index contributed by atoms with van der Waals surface area (Å²) in [6, 6.07) is 9.53. The van der Waals surface area contributed by atoms with Gasteiger partial charge in [0, 0.05) is 31.3 Å². The zero-order valence-electron chi connectivity index (χ0n) is 14.5. The van der Waals surface area contributed by atoms with Crippen LogP contribution >= 0.6 is 0 Å². The number of carbonyl (C=O) groups is 1. The average molecular weight is 327 g/mol. The summed E-state index contributed by atoms with van der Waals surface area (Å²) >= 11 is 0. The number of rotatable bonds is 2. The summed E-state index contributed by atoms with van der Waals surface area (Å²) in [4.78, 5) is 16.8. The van der Waals surface area contributed by atoms with E-state index in [1.54, 1.807) is 24.3 Å². The molecule has 2 saturated heterocycles. The molecule has 1 amide bonds. The van der Waals surface area contributed by atoms with Crippen molar-refractivity contribution in [3.05, 3.63) is 35.4 Å². The van der Waals surface area contributed by atoms with E-state index in [-0.39, 0.29) is 11.5 Å². The molecule has 1 aromatic carbocycles. The van der Waals surface area contributed by atoms with E-state index in [0.717, 1.165) is 45.4 Å². The largest absolute Gasteiger partial charge is 0.375 e. The van der Waals surface area contributed by atoms with E-state index >= 15 is 0 Å². The molecule has 0 bridgehead atoms. The van der Waals surface area contributed by atoms with E-state index < -0.39 is 0 Å². The van der Waals surface area contributed by atoms with Crippen LogP contribution in [0.5, 0.6) is 0 Å². The second kappa shape index (κ2) is 6.92. The third-order valence-corrected chi connectivity index (χ3v) is 5.42. The third-order valence-electron chi connectivity index (χ3n) is 5.42. The van der Waals surface area contributed by atoms with Crippen LogP contribution in [0.25, 0.3) is 0 Å². The Morgan fingerprint density at radius 3 is 2.54 bits per heavy atom. The second-order valence-electron chi connectivity index (χ2n) is 7.12. The molecule has 5 nitrogen and oxygen atoms in total. The number of nitriles is 1. The van der Waals surface area contributed by atoms with Crippen molar-refractivity contribution in [2.45, 2.75) is 37.3 Å². The molecule has 2 heterocycles. The highest BCUT2D eigenvalue weighted by Crippen LogP contribution is 2.36. The van der Waals surface area contributed by atoms with Crippen LogP contribution in [0.2, 0.25) is 0 Å². The molecule has 1 atom stereocenters. The summed E-state index contributed by atoms with van der Waals surface area (Å²) in [5.74, 6) is 0.0503. The SMILES string of the molecule is CN(C)[C@H]1CCOC2(CCN(C(=O)c3ccc(C#N)cc3)CC2)C1. The monoisotopic (exact) mass is 327 g/mol. The first kappa shape index (κ1) is 16.9. The molecule has 2 aliphatic rings. The fourth-order valence-corrected chi connectivity index (χ4v) is 3.78. The second-order valence-corrected chi connectivity index (χ2v) is 7.12. The van der Waals surface area contributed by atoms with Crippen LogP contribution in [-0.2, 0) is 4.74 Å². The molecule has 3 rings (SSSR count). The van der Waals surface area contributed by atoms with E-state index in [4.69, 9.17) is 10.00 Å². The van der Waals surface area contributed by atoms with Gasteiger partial charge in [0.05, 0.1) is 17.2 Å². The molecule has 24 heavy (non-hydrogen) atoms. The molecular weight excluding hydrogens is 302 g/mol. The van der Waals surface area contributed by atoms with Gasteiger partial charge >= 0.3 is 0 Å². The molecule has 1 aromatic rings. The lowest BCUT2D eigenvalue weighted by molar-refractivity contribution is -0.125. The topological polar surface area (TPSA) is 56.6 Å². The Balaban J connectivity index is 1.62. The Bertz CT molecular complexity index is 625. The van der Waals surface area contributed by atoms with Crippen molar-refractivity contribution in [3.63, 3.8) is 0 Å². The van der Waals surface area contributed by atoms with E-state index in [1.165, 1.54) is 0 Å². The number of amides is 1. The van der Waals surface area contributed by atoms with Crippen molar-refractivity contribution in [1.29, 1.82) is 5.26 Å². The Labute approximate surface area is 143 Å². The van der Waals surface area contributed by atoms with Crippen molar-refractivity contribution in [3.8, 4) is 6.07 Å². The predicted molar refractivity (Wildman–Crippen MR) is 91.7 cm³/mol. The van der Waals surface area contributed by atoms with Gasteiger partial charge in [-0.1, -0.05) is 0 Å². The zero-order valence-corrected chi connectivity index (χ0v) is 14.5.